The van der Waals surface area contributed by atoms with Crippen molar-refractivity contribution in [3.05, 3.63) is 64.5 Å². The van der Waals surface area contributed by atoms with Gasteiger partial charge in [0.25, 0.3) is 0 Å². The van der Waals surface area contributed by atoms with Gasteiger partial charge in [-0.3, -0.25) is 4.79 Å². The lowest BCUT2D eigenvalue weighted by molar-refractivity contribution is -0.162. The molecule has 2 atom stereocenters. The Hall–Kier alpha value is -2.40. The first kappa shape index (κ1) is 21.8. The minimum Gasteiger partial charge on any atom is -0.489 e. The fourth-order valence-corrected chi connectivity index (χ4v) is 4.85. The van der Waals surface area contributed by atoms with Crippen LogP contribution in [-0.2, 0) is 22.4 Å². The van der Waals surface area contributed by atoms with E-state index in [1.54, 1.807) is 0 Å². The topological polar surface area (TPSA) is 55.8 Å². The number of aliphatic hydroxyl groups is 1. The molecule has 166 valence electrons. The molecule has 0 radical (unpaired) electrons. The van der Waals surface area contributed by atoms with Gasteiger partial charge < -0.3 is 14.6 Å². The van der Waals surface area contributed by atoms with Gasteiger partial charge in [-0.05, 0) is 67.3 Å². The molecule has 0 bridgehead atoms. The number of ether oxygens (including phenoxy) is 2. The van der Waals surface area contributed by atoms with Crippen LogP contribution in [0.5, 0.6) is 5.75 Å². The highest BCUT2D eigenvalue weighted by Gasteiger charge is 2.29. The van der Waals surface area contributed by atoms with Crippen LogP contribution in [0.1, 0.15) is 66.7 Å². The van der Waals surface area contributed by atoms with Crippen molar-refractivity contribution in [3.8, 4) is 5.75 Å². The molecule has 2 unspecified atom stereocenters. The van der Waals surface area contributed by atoms with Crippen LogP contribution in [0, 0.1) is 12.7 Å². The van der Waals surface area contributed by atoms with Crippen molar-refractivity contribution in [2.24, 2.45) is 0 Å². The van der Waals surface area contributed by atoms with Gasteiger partial charge in [0.05, 0.1) is 12.5 Å². The van der Waals surface area contributed by atoms with Crippen LogP contribution in [0.3, 0.4) is 0 Å². The summed E-state index contributed by atoms with van der Waals surface area (Å²) in [6.45, 7) is 2.36. The van der Waals surface area contributed by atoms with Crippen LogP contribution in [-0.4, -0.2) is 29.9 Å². The molecular weight excluding hydrogens is 395 g/mol. The number of hydrogen-bond acceptors (Lipinski definition) is 4. The molecule has 1 N–H and O–H groups in total. The molecule has 0 amide bonds. The van der Waals surface area contributed by atoms with E-state index in [-0.39, 0.29) is 24.8 Å². The Bertz CT molecular complexity index is 902. The predicted octanol–water partition coefficient (Wildman–Crippen LogP) is 5.02. The molecule has 4 nitrogen and oxygen atoms in total. The lowest BCUT2D eigenvalue weighted by Gasteiger charge is -2.27. The van der Waals surface area contributed by atoms with Gasteiger partial charge in [0.1, 0.15) is 24.3 Å². The van der Waals surface area contributed by atoms with Crippen molar-refractivity contribution in [1.29, 1.82) is 0 Å². The molecule has 0 spiro atoms. The minimum absolute atomic E-state index is 0.0529. The Labute approximate surface area is 183 Å². The summed E-state index contributed by atoms with van der Waals surface area (Å²) in [5.41, 5.74) is 4.67. The summed E-state index contributed by atoms with van der Waals surface area (Å²) in [6, 6.07) is 11.0. The highest BCUT2D eigenvalue weighted by Crippen LogP contribution is 2.41. The number of benzene rings is 2. The van der Waals surface area contributed by atoms with E-state index in [9.17, 15) is 14.3 Å². The van der Waals surface area contributed by atoms with Crippen molar-refractivity contribution >= 4 is 5.97 Å². The second-order valence-corrected chi connectivity index (χ2v) is 8.97. The molecule has 1 aliphatic carbocycles. The number of halogens is 1. The molecule has 1 aliphatic heterocycles. The third-order valence-electron chi connectivity index (χ3n) is 6.38. The Morgan fingerprint density at radius 2 is 1.87 bits per heavy atom. The van der Waals surface area contributed by atoms with Crippen LogP contribution in [0.15, 0.2) is 36.4 Å². The number of esters is 1. The van der Waals surface area contributed by atoms with Crippen molar-refractivity contribution in [3.63, 3.8) is 0 Å². The molecule has 1 heterocycles. The van der Waals surface area contributed by atoms with Gasteiger partial charge in [-0.15, -0.1) is 0 Å². The maximum absolute atomic E-state index is 13.3. The van der Waals surface area contributed by atoms with Crippen LogP contribution in [0.25, 0.3) is 0 Å². The lowest BCUT2D eigenvalue weighted by atomic mass is 9.91. The number of rotatable bonds is 7. The molecule has 31 heavy (non-hydrogen) atoms. The highest BCUT2D eigenvalue weighted by molar-refractivity contribution is 5.71. The molecular formula is C26H31FO4. The number of carbonyl (C=O) groups excluding carboxylic acids is 1. The van der Waals surface area contributed by atoms with E-state index in [1.807, 2.05) is 12.1 Å². The predicted molar refractivity (Wildman–Crippen MR) is 117 cm³/mol. The molecule has 1 saturated carbocycles. The highest BCUT2D eigenvalue weighted by atomic mass is 19.1. The largest absolute Gasteiger partial charge is 0.489 e. The Kier molecular flexibility index (Phi) is 6.91. The summed E-state index contributed by atoms with van der Waals surface area (Å²) in [5.74, 6) is 0.787. The second kappa shape index (κ2) is 9.82. The smallest absolute Gasteiger partial charge is 0.308 e. The Morgan fingerprint density at radius 3 is 2.58 bits per heavy atom. The number of aliphatic hydroxyl groups excluding tert-OH is 1. The van der Waals surface area contributed by atoms with E-state index in [1.165, 1.54) is 36.1 Å². The third-order valence-corrected chi connectivity index (χ3v) is 6.38. The van der Waals surface area contributed by atoms with E-state index < -0.39 is 12.2 Å². The first-order chi connectivity index (χ1) is 15.0. The van der Waals surface area contributed by atoms with Crippen molar-refractivity contribution < 1.29 is 23.8 Å². The molecule has 4 rings (SSSR count). The van der Waals surface area contributed by atoms with Gasteiger partial charge in [-0.2, -0.15) is 0 Å². The van der Waals surface area contributed by atoms with E-state index in [0.29, 0.717) is 12.3 Å². The van der Waals surface area contributed by atoms with Crippen LogP contribution >= 0.6 is 0 Å². The zero-order chi connectivity index (χ0) is 21.8. The summed E-state index contributed by atoms with van der Waals surface area (Å²) in [4.78, 5) is 11.7. The summed E-state index contributed by atoms with van der Waals surface area (Å²) in [6.07, 6.45) is 5.72. The normalized spacial score (nSPS) is 21.8. The molecule has 2 aromatic carbocycles. The van der Waals surface area contributed by atoms with Gasteiger partial charge in [0, 0.05) is 6.42 Å². The van der Waals surface area contributed by atoms with Gasteiger partial charge >= 0.3 is 5.97 Å². The number of hydrogen-bond donors (Lipinski definition) is 1. The first-order valence-corrected chi connectivity index (χ1v) is 11.4. The maximum atomic E-state index is 13.3. The average molecular weight is 427 g/mol. The molecule has 1 saturated heterocycles. The summed E-state index contributed by atoms with van der Waals surface area (Å²) < 4.78 is 25.0. The van der Waals surface area contributed by atoms with E-state index >= 15 is 0 Å². The van der Waals surface area contributed by atoms with Gasteiger partial charge in [-0.25, -0.2) is 4.39 Å². The summed E-state index contributed by atoms with van der Waals surface area (Å²) >= 11 is 0. The fraction of sp³-hybridized carbons (Fsp3) is 0.500. The maximum Gasteiger partial charge on any atom is 0.308 e. The minimum atomic E-state index is -0.667. The molecule has 2 fully saturated rings. The number of aryl methyl sites for hydroxylation is 3. The van der Waals surface area contributed by atoms with Crippen molar-refractivity contribution in [1.82, 2.24) is 0 Å². The number of carbonyl (C=O) groups is 1. The van der Waals surface area contributed by atoms with E-state index in [2.05, 4.69) is 19.1 Å². The number of cyclic esters (lactones) is 1. The standard InChI is InChI=1S/C26H31FO4/c1-17-12-20(9-6-18-7-10-21(27)11-8-18)26(24(13-17)19-4-2-3-5-19)30-16-23-14-22(28)15-25(29)31-23/h7-8,10-13,19,22-23,28H,2-6,9,14-16H2,1H3. The van der Waals surface area contributed by atoms with Crippen molar-refractivity contribution in [2.75, 3.05) is 6.61 Å². The quantitative estimate of drug-likeness (QED) is 0.632. The van der Waals surface area contributed by atoms with Crippen LogP contribution in [0.2, 0.25) is 0 Å². The van der Waals surface area contributed by atoms with Gasteiger partial charge in [0.2, 0.25) is 0 Å². The summed E-state index contributed by atoms with van der Waals surface area (Å²) in [7, 11) is 0. The van der Waals surface area contributed by atoms with Crippen molar-refractivity contribution in [2.45, 2.75) is 76.4 Å². The van der Waals surface area contributed by atoms with Gasteiger partial charge in [0.15, 0.2) is 0 Å². The molecule has 0 aromatic heterocycles. The van der Waals surface area contributed by atoms with E-state index in [4.69, 9.17) is 9.47 Å². The molecule has 2 aliphatic rings. The third kappa shape index (κ3) is 5.65. The Balaban J connectivity index is 1.56. The van der Waals surface area contributed by atoms with Gasteiger partial charge in [-0.1, -0.05) is 42.7 Å². The molecule has 2 aromatic rings. The van der Waals surface area contributed by atoms with Crippen LogP contribution < -0.4 is 4.74 Å². The second-order valence-electron chi connectivity index (χ2n) is 8.97. The fourth-order valence-electron chi connectivity index (χ4n) is 4.85. The van der Waals surface area contributed by atoms with Crippen LogP contribution in [0.4, 0.5) is 4.39 Å². The lowest BCUT2D eigenvalue weighted by Crippen LogP contribution is -2.36. The monoisotopic (exact) mass is 426 g/mol. The zero-order valence-corrected chi connectivity index (χ0v) is 18.1. The van der Waals surface area contributed by atoms with E-state index in [0.717, 1.165) is 42.6 Å². The zero-order valence-electron chi connectivity index (χ0n) is 18.1. The molecule has 5 heteroatoms. The Morgan fingerprint density at radius 1 is 1.13 bits per heavy atom. The first-order valence-electron chi connectivity index (χ1n) is 11.4. The summed E-state index contributed by atoms with van der Waals surface area (Å²) in [5, 5.41) is 9.91. The SMILES string of the molecule is Cc1cc(CCc2ccc(F)cc2)c(OCC2CC(O)CC(=O)O2)c(C2CCCC2)c1. The average Bonchev–Trinajstić information content (AvgIpc) is 3.26.